The van der Waals surface area contributed by atoms with Gasteiger partial charge in [-0.1, -0.05) is 60.7 Å². The second kappa shape index (κ2) is 11.4. The van der Waals surface area contributed by atoms with E-state index in [4.69, 9.17) is 4.74 Å². The van der Waals surface area contributed by atoms with Crippen LogP contribution in [0.4, 0.5) is 9.59 Å². The Morgan fingerprint density at radius 2 is 1.42 bits per heavy atom. The van der Waals surface area contributed by atoms with Crippen molar-refractivity contribution >= 4 is 12.2 Å². The van der Waals surface area contributed by atoms with Crippen LogP contribution in [-0.4, -0.2) is 46.2 Å². The number of hydrogen-bond donors (Lipinski definition) is 4. The molecule has 0 aliphatic heterocycles. The molecular formula is C24H32N2O5. The van der Waals surface area contributed by atoms with E-state index in [0.29, 0.717) is 12.8 Å². The van der Waals surface area contributed by atoms with Crippen LogP contribution < -0.4 is 10.6 Å². The Morgan fingerprint density at radius 3 is 1.90 bits per heavy atom. The summed E-state index contributed by atoms with van der Waals surface area (Å²) in [5.74, 6) is 0. The third-order valence-corrected chi connectivity index (χ3v) is 4.64. The zero-order valence-corrected chi connectivity index (χ0v) is 18.2. The minimum Gasteiger partial charge on any atom is -0.465 e. The molecule has 4 N–H and O–H groups in total. The van der Waals surface area contributed by atoms with Crippen molar-refractivity contribution in [3.05, 3.63) is 71.8 Å². The molecule has 0 heterocycles. The molecule has 2 rings (SSSR count). The molecule has 2 aromatic carbocycles. The first-order chi connectivity index (χ1) is 14.6. The lowest BCUT2D eigenvalue weighted by Gasteiger charge is -2.28. The molecule has 3 atom stereocenters. The number of benzene rings is 2. The highest BCUT2D eigenvalue weighted by molar-refractivity contribution is 5.68. The second-order valence-electron chi connectivity index (χ2n) is 8.58. The van der Waals surface area contributed by atoms with Gasteiger partial charge in [-0.05, 0) is 51.2 Å². The topological polar surface area (TPSA) is 108 Å². The Morgan fingerprint density at radius 1 is 0.903 bits per heavy atom. The van der Waals surface area contributed by atoms with Crippen LogP contribution in [0.5, 0.6) is 0 Å². The van der Waals surface area contributed by atoms with Crippen LogP contribution in [0.25, 0.3) is 0 Å². The van der Waals surface area contributed by atoms with Crippen molar-refractivity contribution in [3.8, 4) is 0 Å². The highest BCUT2D eigenvalue weighted by Gasteiger charge is 2.27. The summed E-state index contributed by atoms with van der Waals surface area (Å²) in [6.45, 7) is 5.33. The number of carbonyl (C=O) groups excluding carboxylic acids is 1. The SMILES string of the molecule is CC(C)(C)OC(=O)N[C@@H](Cc1ccccc1)C[C@H](O)[C@H](Cc1ccccc1)NC(=O)O. The van der Waals surface area contributed by atoms with Crippen LogP contribution in [-0.2, 0) is 17.6 Å². The minimum absolute atomic E-state index is 0.159. The Balaban J connectivity index is 2.14. The van der Waals surface area contributed by atoms with E-state index in [0.717, 1.165) is 11.1 Å². The Hall–Kier alpha value is -3.06. The van der Waals surface area contributed by atoms with Gasteiger partial charge in [0.05, 0.1) is 12.1 Å². The summed E-state index contributed by atoms with van der Waals surface area (Å²) in [6.07, 6.45) is -1.83. The van der Waals surface area contributed by atoms with Gasteiger partial charge in [-0.3, -0.25) is 0 Å². The normalized spacial score (nSPS) is 14.2. The van der Waals surface area contributed by atoms with Gasteiger partial charge in [0, 0.05) is 6.04 Å². The van der Waals surface area contributed by atoms with Crippen LogP contribution in [0.15, 0.2) is 60.7 Å². The van der Waals surface area contributed by atoms with Crippen molar-refractivity contribution in [1.82, 2.24) is 10.6 Å². The zero-order valence-electron chi connectivity index (χ0n) is 18.2. The van der Waals surface area contributed by atoms with Gasteiger partial charge >= 0.3 is 12.2 Å². The highest BCUT2D eigenvalue weighted by Crippen LogP contribution is 2.15. The standard InChI is InChI=1S/C24H32N2O5/c1-24(2,3)31-23(30)25-19(14-17-10-6-4-7-11-17)16-21(27)20(26-22(28)29)15-18-12-8-5-9-13-18/h4-13,19-21,26-27H,14-16H2,1-3H3,(H,25,30)(H,28,29)/t19-,20-,21-/m0/s1. The second-order valence-corrected chi connectivity index (χ2v) is 8.58. The van der Waals surface area contributed by atoms with Crippen LogP contribution >= 0.6 is 0 Å². The molecule has 2 amide bonds. The van der Waals surface area contributed by atoms with Gasteiger partial charge < -0.3 is 25.6 Å². The number of rotatable bonds is 9. The van der Waals surface area contributed by atoms with Crippen molar-refractivity contribution in [1.29, 1.82) is 0 Å². The summed E-state index contributed by atoms with van der Waals surface area (Å²) < 4.78 is 5.37. The molecular weight excluding hydrogens is 396 g/mol. The number of alkyl carbamates (subject to hydrolysis) is 1. The predicted molar refractivity (Wildman–Crippen MR) is 119 cm³/mol. The molecule has 0 unspecified atom stereocenters. The molecule has 0 bridgehead atoms. The molecule has 0 saturated heterocycles. The van der Waals surface area contributed by atoms with Gasteiger partial charge in [0.15, 0.2) is 0 Å². The van der Waals surface area contributed by atoms with E-state index < -0.39 is 36.0 Å². The van der Waals surface area contributed by atoms with Crippen molar-refractivity contribution in [2.24, 2.45) is 0 Å². The lowest BCUT2D eigenvalue weighted by molar-refractivity contribution is 0.0467. The number of aliphatic hydroxyl groups is 1. The summed E-state index contributed by atoms with van der Waals surface area (Å²) in [6, 6.07) is 17.8. The van der Waals surface area contributed by atoms with E-state index in [-0.39, 0.29) is 6.42 Å². The maximum Gasteiger partial charge on any atom is 0.407 e. The van der Waals surface area contributed by atoms with Crippen molar-refractivity contribution in [3.63, 3.8) is 0 Å². The molecule has 2 aromatic rings. The fraction of sp³-hybridized carbons (Fsp3) is 0.417. The number of carbonyl (C=O) groups is 2. The Kier molecular flexibility index (Phi) is 8.88. The van der Waals surface area contributed by atoms with Gasteiger partial charge in [-0.25, -0.2) is 9.59 Å². The molecule has 0 saturated carbocycles. The molecule has 168 valence electrons. The van der Waals surface area contributed by atoms with Crippen LogP contribution in [0, 0.1) is 0 Å². The first kappa shape index (κ1) is 24.2. The van der Waals surface area contributed by atoms with Crippen LogP contribution in [0.2, 0.25) is 0 Å². The average molecular weight is 429 g/mol. The van der Waals surface area contributed by atoms with Gasteiger partial charge in [0.2, 0.25) is 0 Å². The van der Waals surface area contributed by atoms with Crippen LogP contribution in [0.3, 0.4) is 0 Å². The van der Waals surface area contributed by atoms with Gasteiger partial charge in [-0.2, -0.15) is 0 Å². The summed E-state index contributed by atoms with van der Waals surface area (Å²) in [5.41, 5.74) is 1.24. The van der Waals surface area contributed by atoms with Crippen LogP contribution in [0.1, 0.15) is 38.3 Å². The quantitative estimate of drug-likeness (QED) is 0.486. The third-order valence-electron chi connectivity index (χ3n) is 4.64. The number of hydrogen-bond acceptors (Lipinski definition) is 4. The molecule has 0 fully saturated rings. The van der Waals surface area contributed by atoms with E-state index in [2.05, 4.69) is 10.6 Å². The Bertz CT molecular complexity index is 821. The number of amides is 2. The first-order valence-electron chi connectivity index (χ1n) is 10.4. The van der Waals surface area contributed by atoms with Gasteiger partial charge in [-0.15, -0.1) is 0 Å². The predicted octanol–water partition coefficient (Wildman–Crippen LogP) is 3.75. The summed E-state index contributed by atoms with van der Waals surface area (Å²) in [5, 5.41) is 25.4. The summed E-state index contributed by atoms with van der Waals surface area (Å²) in [7, 11) is 0. The molecule has 0 radical (unpaired) electrons. The minimum atomic E-state index is -1.21. The molecule has 0 aliphatic carbocycles. The number of ether oxygens (including phenoxy) is 1. The van der Waals surface area contributed by atoms with Crippen molar-refractivity contribution in [2.75, 3.05) is 0 Å². The largest absolute Gasteiger partial charge is 0.465 e. The van der Waals surface area contributed by atoms with Gasteiger partial charge in [0.25, 0.3) is 0 Å². The average Bonchev–Trinajstić information content (AvgIpc) is 2.67. The first-order valence-corrected chi connectivity index (χ1v) is 10.4. The molecule has 7 heteroatoms. The lowest BCUT2D eigenvalue weighted by atomic mass is 9.94. The molecule has 31 heavy (non-hydrogen) atoms. The third kappa shape index (κ3) is 9.53. The number of carboxylic acid groups (broad SMARTS) is 1. The van der Waals surface area contributed by atoms with Crippen molar-refractivity contribution in [2.45, 2.75) is 63.8 Å². The lowest BCUT2D eigenvalue weighted by Crippen LogP contribution is -2.48. The van der Waals surface area contributed by atoms with E-state index in [1.165, 1.54) is 0 Å². The maximum atomic E-state index is 12.4. The van der Waals surface area contributed by atoms with Crippen molar-refractivity contribution < 1.29 is 24.5 Å². The van der Waals surface area contributed by atoms with E-state index in [1.807, 2.05) is 60.7 Å². The molecule has 0 aliphatic rings. The molecule has 7 nitrogen and oxygen atoms in total. The fourth-order valence-corrected chi connectivity index (χ4v) is 3.33. The van der Waals surface area contributed by atoms with Gasteiger partial charge in [0.1, 0.15) is 5.60 Å². The highest BCUT2D eigenvalue weighted by atomic mass is 16.6. The maximum absolute atomic E-state index is 12.4. The van der Waals surface area contributed by atoms with E-state index >= 15 is 0 Å². The fourth-order valence-electron chi connectivity index (χ4n) is 3.33. The smallest absolute Gasteiger partial charge is 0.407 e. The summed E-state index contributed by atoms with van der Waals surface area (Å²) >= 11 is 0. The van der Waals surface area contributed by atoms with E-state index in [9.17, 15) is 19.8 Å². The monoisotopic (exact) mass is 428 g/mol. The summed E-state index contributed by atoms with van der Waals surface area (Å²) in [4.78, 5) is 23.7. The Labute approximate surface area is 183 Å². The number of aliphatic hydroxyl groups excluding tert-OH is 1. The number of nitrogens with one attached hydrogen (secondary N) is 2. The molecule has 0 spiro atoms. The molecule has 0 aromatic heterocycles. The zero-order chi connectivity index (χ0) is 22.9. The van der Waals surface area contributed by atoms with E-state index in [1.54, 1.807) is 20.8 Å².